The lowest BCUT2D eigenvalue weighted by atomic mass is 10.0. The van der Waals surface area contributed by atoms with Crippen LogP contribution in [0.15, 0.2) is 10.6 Å². The molecule has 4 heteroatoms. The van der Waals surface area contributed by atoms with Gasteiger partial charge < -0.3 is 4.52 Å². The fourth-order valence-corrected chi connectivity index (χ4v) is 1.88. The summed E-state index contributed by atoms with van der Waals surface area (Å²) in [5, 5.41) is 3.89. The van der Waals surface area contributed by atoms with Gasteiger partial charge in [0.15, 0.2) is 5.78 Å². The van der Waals surface area contributed by atoms with Gasteiger partial charge in [-0.05, 0) is 14.0 Å². The van der Waals surface area contributed by atoms with Crippen molar-refractivity contribution in [3.8, 4) is 0 Å². The molecule has 1 aliphatic heterocycles. The molecule has 0 saturated carbocycles. The molecule has 1 fully saturated rings. The Hall–Kier alpha value is -1.16. The number of likely N-dealkylation sites (N-methyl/N-ethyl adjacent to an activating group) is 1. The highest BCUT2D eigenvalue weighted by Crippen LogP contribution is 2.16. The second-order valence-electron chi connectivity index (χ2n) is 3.99. The van der Waals surface area contributed by atoms with E-state index in [2.05, 4.69) is 5.16 Å². The molecule has 0 spiro atoms. The van der Waals surface area contributed by atoms with E-state index in [1.807, 2.05) is 24.9 Å². The molecule has 1 aromatic heterocycles. The molecule has 1 atom stereocenters. The first-order chi connectivity index (χ1) is 6.65. The van der Waals surface area contributed by atoms with Crippen LogP contribution in [0.1, 0.15) is 11.5 Å². The summed E-state index contributed by atoms with van der Waals surface area (Å²) in [5.41, 5.74) is 0.885. The zero-order chi connectivity index (χ0) is 10.1. The van der Waals surface area contributed by atoms with Crippen molar-refractivity contribution in [2.45, 2.75) is 13.3 Å². The van der Waals surface area contributed by atoms with E-state index < -0.39 is 0 Å². The average Bonchev–Trinajstić information content (AvgIpc) is 2.61. The summed E-state index contributed by atoms with van der Waals surface area (Å²) < 4.78 is 4.96. The minimum Gasteiger partial charge on any atom is -0.361 e. The Bertz CT molecular complexity index is 346. The van der Waals surface area contributed by atoms with Gasteiger partial charge in [-0.2, -0.15) is 0 Å². The number of Topliss-reactive ketones (excluding diaryl/α,β-unsaturated/α-hetero) is 1. The van der Waals surface area contributed by atoms with E-state index in [0.29, 0.717) is 18.7 Å². The van der Waals surface area contributed by atoms with Crippen molar-refractivity contribution >= 4 is 5.78 Å². The molecule has 14 heavy (non-hydrogen) atoms. The standard InChI is InChI=1S/C10H14N2O2/c1-7-3-9(11-14-7)4-8-5-12(2)6-10(8)13/h3,8H,4-6H2,1-2H3. The Morgan fingerprint density at radius 2 is 2.50 bits per heavy atom. The van der Waals surface area contributed by atoms with Crippen LogP contribution in [-0.2, 0) is 11.2 Å². The van der Waals surface area contributed by atoms with E-state index in [9.17, 15) is 4.79 Å². The second-order valence-corrected chi connectivity index (χ2v) is 3.99. The van der Waals surface area contributed by atoms with E-state index in [4.69, 9.17) is 4.52 Å². The lowest BCUT2D eigenvalue weighted by Crippen LogP contribution is -2.15. The average molecular weight is 194 g/mol. The van der Waals surface area contributed by atoms with E-state index in [1.165, 1.54) is 0 Å². The van der Waals surface area contributed by atoms with Crippen molar-refractivity contribution in [2.75, 3.05) is 20.1 Å². The molecule has 1 unspecified atom stereocenters. The van der Waals surface area contributed by atoms with Crippen molar-refractivity contribution in [3.05, 3.63) is 17.5 Å². The van der Waals surface area contributed by atoms with Gasteiger partial charge in [0.05, 0.1) is 12.2 Å². The Labute approximate surface area is 82.9 Å². The maximum atomic E-state index is 11.5. The minimum atomic E-state index is 0.101. The summed E-state index contributed by atoms with van der Waals surface area (Å²) in [5.74, 6) is 1.22. The van der Waals surface area contributed by atoms with E-state index >= 15 is 0 Å². The number of aromatic nitrogens is 1. The molecule has 1 aromatic rings. The maximum Gasteiger partial charge on any atom is 0.151 e. The van der Waals surface area contributed by atoms with Crippen LogP contribution in [0.3, 0.4) is 0 Å². The molecular formula is C10H14N2O2. The van der Waals surface area contributed by atoms with Crippen LogP contribution in [0.25, 0.3) is 0 Å². The van der Waals surface area contributed by atoms with Crippen LogP contribution in [-0.4, -0.2) is 36.0 Å². The third-order valence-corrected chi connectivity index (χ3v) is 2.55. The van der Waals surface area contributed by atoms with Gasteiger partial charge in [-0.1, -0.05) is 5.16 Å². The van der Waals surface area contributed by atoms with Crippen LogP contribution >= 0.6 is 0 Å². The van der Waals surface area contributed by atoms with Crippen LogP contribution < -0.4 is 0 Å². The van der Waals surface area contributed by atoms with Crippen molar-refractivity contribution in [3.63, 3.8) is 0 Å². The Morgan fingerprint density at radius 3 is 3.00 bits per heavy atom. The van der Waals surface area contributed by atoms with Gasteiger partial charge >= 0.3 is 0 Å². The molecule has 0 radical (unpaired) electrons. The van der Waals surface area contributed by atoms with E-state index in [1.54, 1.807) is 0 Å². The van der Waals surface area contributed by atoms with Gasteiger partial charge in [0.1, 0.15) is 5.76 Å². The van der Waals surface area contributed by atoms with Crippen molar-refractivity contribution in [2.24, 2.45) is 5.92 Å². The number of ketones is 1. The number of carbonyl (C=O) groups excluding carboxylic acids is 1. The molecule has 0 bridgehead atoms. The van der Waals surface area contributed by atoms with Crippen LogP contribution in [0.5, 0.6) is 0 Å². The topological polar surface area (TPSA) is 46.3 Å². The summed E-state index contributed by atoms with van der Waals surface area (Å²) in [6.45, 7) is 3.27. The number of hydrogen-bond acceptors (Lipinski definition) is 4. The third kappa shape index (κ3) is 1.85. The second kappa shape index (κ2) is 3.53. The molecule has 0 aliphatic carbocycles. The van der Waals surface area contributed by atoms with Crippen molar-refractivity contribution < 1.29 is 9.32 Å². The van der Waals surface area contributed by atoms with Gasteiger partial charge in [-0.25, -0.2) is 0 Å². The van der Waals surface area contributed by atoms with Gasteiger partial charge in [-0.15, -0.1) is 0 Å². The highest BCUT2D eigenvalue weighted by atomic mass is 16.5. The monoisotopic (exact) mass is 194 g/mol. The highest BCUT2D eigenvalue weighted by molar-refractivity contribution is 5.85. The van der Waals surface area contributed by atoms with E-state index in [0.717, 1.165) is 18.0 Å². The van der Waals surface area contributed by atoms with Gasteiger partial charge in [0.2, 0.25) is 0 Å². The van der Waals surface area contributed by atoms with Gasteiger partial charge in [-0.3, -0.25) is 9.69 Å². The third-order valence-electron chi connectivity index (χ3n) is 2.55. The Balaban J connectivity index is 2.01. The first-order valence-corrected chi connectivity index (χ1v) is 4.78. The van der Waals surface area contributed by atoms with Crippen LogP contribution in [0.2, 0.25) is 0 Å². The molecule has 1 saturated heterocycles. The molecule has 2 rings (SSSR count). The quantitative estimate of drug-likeness (QED) is 0.693. The Morgan fingerprint density at radius 1 is 1.71 bits per heavy atom. The predicted molar refractivity (Wildman–Crippen MR) is 50.9 cm³/mol. The fraction of sp³-hybridized carbons (Fsp3) is 0.600. The molecule has 0 N–H and O–H groups in total. The lowest BCUT2D eigenvalue weighted by Gasteiger charge is -2.05. The number of aryl methyl sites for hydroxylation is 1. The molecule has 0 amide bonds. The van der Waals surface area contributed by atoms with E-state index in [-0.39, 0.29) is 5.92 Å². The van der Waals surface area contributed by atoms with Crippen LogP contribution in [0.4, 0.5) is 0 Å². The number of likely N-dealkylation sites (tertiary alicyclic amines) is 1. The Kier molecular flexibility index (Phi) is 2.37. The highest BCUT2D eigenvalue weighted by Gasteiger charge is 2.29. The normalized spacial score (nSPS) is 23.3. The maximum absolute atomic E-state index is 11.5. The SMILES string of the molecule is Cc1cc(CC2CN(C)CC2=O)no1. The summed E-state index contributed by atoms with van der Waals surface area (Å²) in [6, 6.07) is 1.89. The summed E-state index contributed by atoms with van der Waals surface area (Å²) in [7, 11) is 1.96. The predicted octanol–water partition coefficient (Wildman–Crippen LogP) is 0.656. The minimum absolute atomic E-state index is 0.101. The number of rotatable bonds is 2. The van der Waals surface area contributed by atoms with Crippen molar-refractivity contribution in [1.82, 2.24) is 10.1 Å². The zero-order valence-corrected chi connectivity index (χ0v) is 8.49. The molecule has 4 nitrogen and oxygen atoms in total. The molecule has 2 heterocycles. The summed E-state index contributed by atoms with van der Waals surface area (Å²) in [6.07, 6.45) is 0.709. The molecule has 0 aromatic carbocycles. The number of hydrogen-bond donors (Lipinski definition) is 0. The van der Waals surface area contributed by atoms with Gasteiger partial charge in [0.25, 0.3) is 0 Å². The molecule has 1 aliphatic rings. The largest absolute Gasteiger partial charge is 0.361 e. The molecular weight excluding hydrogens is 180 g/mol. The van der Waals surface area contributed by atoms with Crippen LogP contribution in [0, 0.1) is 12.8 Å². The fourth-order valence-electron chi connectivity index (χ4n) is 1.88. The summed E-state index contributed by atoms with van der Waals surface area (Å²) in [4.78, 5) is 13.5. The molecule has 76 valence electrons. The van der Waals surface area contributed by atoms with Crippen molar-refractivity contribution in [1.29, 1.82) is 0 Å². The zero-order valence-electron chi connectivity index (χ0n) is 8.49. The first-order valence-electron chi connectivity index (χ1n) is 4.78. The van der Waals surface area contributed by atoms with Gasteiger partial charge in [0, 0.05) is 24.9 Å². The number of nitrogens with zero attached hydrogens (tertiary/aromatic N) is 2. The summed E-state index contributed by atoms with van der Waals surface area (Å²) >= 11 is 0. The lowest BCUT2D eigenvalue weighted by molar-refractivity contribution is -0.119. The first kappa shape index (κ1) is 9.40. The number of carbonyl (C=O) groups is 1. The smallest absolute Gasteiger partial charge is 0.151 e.